The smallest absolute Gasteiger partial charge is 0.319 e. The number of hydrogen-bond donors (Lipinski definition) is 3. The molecule has 4 N–H and O–H groups in total. The Labute approximate surface area is 177 Å². The van der Waals surface area contributed by atoms with E-state index >= 15 is 0 Å². The number of hydrogen-bond acceptors (Lipinski definition) is 3. The van der Waals surface area contributed by atoms with E-state index in [-0.39, 0.29) is 23.9 Å². The lowest BCUT2D eigenvalue weighted by Gasteiger charge is -2.29. The number of carbonyl (C=O) groups excluding carboxylic acids is 2. The first-order valence-electron chi connectivity index (χ1n) is 10.5. The molecule has 7 nitrogen and oxygen atoms in total. The summed E-state index contributed by atoms with van der Waals surface area (Å²) in [7, 11) is 1.62. The minimum Gasteiger partial charge on any atom is -0.369 e. The second-order valence-electron chi connectivity index (χ2n) is 8.00. The number of urea groups is 1. The molecule has 1 saturated carbocycles. The Bertz CT molecular complexity index is 927. The average Bonchev–Trinajstić information content (AvgIpc) is 2.73. The third-order valence-corrected chi connectivity index (χ3v) is 5.75. The minimum atomic E-state index is -0.165. The van der Waals surface area contributed by atoms with Crippen LogP contribution in [0.25, 0.3) is 10.8 Å². The van der Waals surface area contributed by atoms with Gasteiger partial charge >= 0.3 is 6.03 Å². The van der Waals surface area contributed by atoms with E-state index in [0.717, 1.165) is 48.6 Å². The lowest BCUT2D eigenvalue weighted by Crippen LogP contribution is -2.41. The molecule has 2 atom stereocenters. The molecule has 1 aliphatic rings. The molecular weight excluding hydrogens is 378 g/mol. The van der Waals surface area contributed by atoms with E-state index in [9.17, 15) is 9.59 Å². The first-order chi connectivity index (χ1) is 14.4. The monoisotopic (exact) mass is 409 g/mol. The van der Waals surface area contributed by atoms with E-state index in [1.165, 1.54) is 11.8 Å². The van der Waals surface area contributed by atoms with Crippen LogP contribution in [0.4, 0.5) is 10.5 Å². The van der Waals surface area contributed by atoms with Crippen molar-refractivity contribution in [3.05, 3.63) is 42.5 Å². The molecule has 0 heterocycles. The van der Waals surface area contributed by atoms with Crippen molar-refractivity contribution in [1.29, 1.82) is 0 Å². The fraction of sp³-hybridized carbons (Fsp3) is 0.435. The largest absolute Gasteiger partial charge is 0.369 e. The van der Waals surface area contributed by atoms with Gasteiger partial charge < -0.3 is 16.4 Å². The summed E-state index contributed by atoms with van der Waals surface area (Å²) in [4.78, 5) is 29.4. The highest BCUT2D eigenvalue weighted by Gasteiger charge is 2.23. The number of amides is 3. The normalized spacial score (nSPS) is 19.3. The molecule has 2 aromatic rings. The summed E-state index contributed by atoms with van der Waals surface area (Å²) >= 11 is 0. The van der Waals surface area contributed by atoms with Crippen LogP contribution in [-0.4, -0.2) is 42.4 Å². The Hall–Kier alpha value is -3.09. The van der Waals surface area contributed by atoms with Crippen LogP contribution in [-0.2, 0) is 4.79 Å². The van der Waals surface area contributed by atoms with Gasteiger partial charge in [-0.2, -0.15) is 0 Å². The highest BCUT2D eigenvalue weighted by atomic mass is 16.2. The SMILES string of the molecule is CC(=O)N(C)C(N)=NCC[C@H]1CCC[C@@H](NC(=O)Nc2ccc3ccccc3c2)C1. The lowest BCUT2D eigenvalue weighted by atomic mass is 9.84. The third kappa shape index (κ3) is 5.95. The zero-order valence-electron chi connectivity index (χ0n) is 17.7. The Kier molecular flexibility index (Phi) is 7.27. The van der Waals surface area contributed by atoms with E-state index in [1.807, 2.05) is 36.4 Å². The lowest BCUT2D eigenvalue weighted by molar-refractivity contribution is -0.124. The van der Waals surface area contributed by atoms with E-state index in [1.54, 1.807) is 7.05 Å². The highest BCUT2D eigenvalue weighted by Crippen LogP contribution is 2.27. The number of nitrogens with zero attached hydrogens (tertiary/aromatic N) is 2. The average molecular weight is 410 g/mol. The van der Waals surface area contributed by atoms with Gasteiger partial charge in [-0.05, 0) is 48.1 Å². The minimum absolute atomic E-state index is 0.129. The third-order valence-electron chi connectivity index (χ3n) is 5.75. The second-order valence-corrected chi connectivity index (χ2v) is 8.00. The summed E-state index contributed by atoms with van der Waals surface area (Å²) in [6.07, 6.45) is 5.03. The Morgan fingerprint density at radius 3 is 2.70 bits per heavy atom. The zero-order valence-corrected chi connectivity index (χ0v) is 17.7. The summed E-state index contributed by atoms with van der Waals surface area (Å²) in [5, 5.41) is 8.32. The van der Waals surface area contributed by atoms with Gasteiger partial charge in [0.2, 0.25) is 5.91 Å². The predicted octanol–water partition coefficient (Wildman–Crippen LogP) is 3.70. The van der Waals surface area contributed by atoms with Crippen LogP contribution in [0.1, 0.15) is 39.0 Å². The molecule has 0 radical (unpaired) electrons. The van der Waals surface area contributed by atoms with Crippen molar-refractivity contribution in [2.24, 2.45) is 16.6 Å². The van der Waals surface area contributed by atoms with Crippen molar-refractivity contribution >= 4 is 34.4 Å². The highest BCUT2D eigenvalue weighted by molar-refractivity contribution is 5.95. The molecule has 0 unspecified atom stereocenters. The maximum atomic E-state index is 12.5. The van der Waals surface area contributed by atoms with Gasteiger partial charge in [0, 0.05) is 32.2 Å². The molecule has 7 heteroatoms. The van der Waals surface area contributed by atoms with Crippen LogP contribution in [0.3, 0.4) is 0 Å². The molecule has 0 bridgehead atoms. The maximum Gasteiger partial charge on any atom is 0.319 e. The van der Waals surface area contributed by atoms with Crippen molar-refractivity contribution in [2.75, 3.05) is 18.9 Å². The van der Waals surface area contributed by atoms with Gasteiger partial charge in [-0.25, -0.2) is 4.79 Å². The molecule has 3 amide bonds. The molecule has 1 aliphatic carbocycles. The number of benzene rings is 2. The number of carbonyl (C=O) groups is 2. The Morgan fingerprint density at radius 1 is 1.17 bits per heavy atom. The number of nitrogens with two attached hydrogens (primary N) is 1. The zero-order chi connectivity index (χ0) is 21.5. The van der Waals surface area contributed by atoms with Crippen molar-refractivity contribution in [3.63, 3.8) is 0 Å². The molecular formula is C23H31N5O2. The Balaban J connectivity index is 1.47. The molecule has 160 valence electrons. The number of anilines is 1. The summed E-state index contributed by atoms with van der Waals surface area (Å²) in [6.45, 7) is 2.05. The molecule has 0 aromatic heterocycles. The van der Waals surface area contributed by atoms with Crippen LogP contribution in [0.15, 0.2) is 47.5 Å². The first-order valence-corrected chi connectivity index (χ1v) is 10.5. The van der Waals surface area contributed by atoms with Gasteiger partial charge in [-0.15, -0.1) is 0 Å². The maximum absolute atomic E-state index is 12.5. The van der Waals surface area contributed by atoms with Gasteiger partial charge in [0.25, 0.3) is 0 Å². The van der Waals surface area contributed by atoms with Gasteiger partial charge in [-0.1, -0.05) is 43.2 Å². The molecule has 0 saturated heterocycles. The van der Waals surface area contributed by atoms with Crippen LogP contribution in [0.2, 0.25) is 0 Å². The van der Waals surface area contributed by atoms with Crippen molar-refractivity contribution in [1.82, 2.24) is 10.2 Å². The molecule has 3 rings (SSSR count). The molecule has 1 fully saturated rings. The van der Waals surface area contributed by atoms with E-state index in [0.29, 0.717) is 12.5 Å². The van der Waals surface area contributed by atoms with E-state index in [4.69, 9.17) is 5.73 Å². The van der Waals surface area contributed by atoms with Gasteiger partial charge in [0.05, 0.1) is 0 Å². The fourth-order valence-corrected chi connectivity index (χ4v) is 3.93. The fourth-order valence-electron chi connectivity index (χ4n) is 3.93. The number of guanidine groups is 1. The van der Waals surface area contributed by atoms with Gasteiger partial charge in [-0.3, -0.25) is 14.7 Å². The topological polar surface area (TPSA) is 99.8 Å². The van der Waals surface area contributed by atoms with Crippen molar-refractivity contribution in [2.45, 2.75) is 45.1 Å². The quantitative estimate of drug-likeness (QED) is 0.518. The number of fused-ring (bicyclic) bond motifs is 1. The summed E-state index contributed by atoms with van der Waals surface area (Å²) in [5.41, 5.74) is 6.61. The van der Waals surface area contributed by atoms with Crippen LogP contribution in [0.5, 0.6) is 0 Å². The van der Waals surface area contributed by atoms with Gasteiger partial charge in [0.15, 0.2) is 5.96 Å². The Morgan fingerprint density at radius 2 is 1.93 bits per heavy atom. The first kappa shape index (κ1) is 21.6. The van der Waals surface area contributed by atoms with Crippen molar-refractivity contribution in [3.8, 4) is 0 Å². The van der Waals surface area contributed by atoms with Crippen LogP contribution < -0.4 is 16.4 Å². The predicted molar refractivity (Wildman–Crippen MR) is 121 cm³/mol. The summed E-state index contributed by atoms with van der Waals surface area (Å²) in [6, 6.07) is 14.0. The van der Waals surface area contributed by atoms with E-state index in [2.05, 4.69) is 21.7 Å². The molecule has 0 aliphatic heterocycles. The number of aliphatic imine (C=N–C) groups is 1. The van der Waals surface area contributed by atoms with Crippen LogP contribution in [0, 0.1) is 5.92 Å². The molecule has 0 spiro atoms. The number of rotatable bonds is 5. The standard InChI is InChI=1S/C23H31N5O2/c1-16(29)28(2)22(24)25-13-12-17-6-5-9-20(14-17)26-23(30)27-21-11-10-18-7-3-4-8-19(18)15-21/h3-4,7-8,10-11,15,17,20H,5-6,9,12-14H2,1-2H3,(H2,24,25)(H2,26,27,30)/t17-,20-/m1/s1. The molecule has 30 heavy (non-hydrogen) atoms. The summed E-state index contributed by atoms with van der Waals surface area (Å²) in [5.74, 6) is 0.613. The van der Waals surface area contributed by atoms with Crippen molar-refractivity contribution < 1.29 is 9.59 Å². The van der Waals surface area contributed by atoms with E-state index < -0.39 is 0 Å². The molecule has 2 aromatic carbocycles. The van der Waals surface area contributed by atoms with Crippen LogP contribution >= 0.6 is 0 Å². The number of nitrogens with one attached hydrogen (secondary N) is 2. The van der Waals surface area contributed by atoms with Gasteiger partial charge in [0.1, 0.15) is 0 Å². The summed E-state index contributed by atoms with van der Waals surface area (Å²) < 4.78 is 0. The second kappa shape index (κ2) is 10.1.